The highest BCUT2D eigenvalue weighted by Gasteiger charge is 2.51. The van der Waals surface area contributed by atoms with Crippen LogP contribution in [0.15, 0.2) is 42.5 Å². The van der Waals surface area contributed by atoms with Gasteiger partial charge in [-0.3, -0.25) is 4.79 Å². The van der Waals surface area contributed by atoms with Crippen molar-refractivity contribution in [1.82, 2.24) is 9.62 Å². The number of hydrogen-bond acceptors (Lipinski definition) is 3. The summed E-state index contributed by atoms with van der Waals surface area (Å²) in [5.74, 6) is -5.88. The second-order valence-electron chi connectivity index (χ2n) is 8.37. The van der Waals surface area contributed by atoms with Crippen LogP contribution in [-0.2, 0) is 14.8 Å². The number of hydrogen-bond donors (Lipinski definition) is 1. The number of nitrogens with zero attached hydrogens (tertiary/aromatic N) is 1. The van der Waals surface area contributed by atoms with E-state index in [0.717, 1.165) is 18.4 Å². The fraction of sp³-hybridized carbons (Fsp3) is 0.409. The predicted molar refractivity (Wildman–Crippen MR) is 111 cm³/mol. The number of nitrogens with one attached hydrogen (secondary N) is 1. The van der Waals surface area contributed by atoms with Gasteiger partial charge in [0.05, 0.1) is 11.8 Å². The summed E-state index contributed by atoms with van der Waals surface area (Å²) in [7, 11) is -3.89. The maximum absolute atomic E-state index is 14.4. The lowest BCUT2D eigenvalue weighted by atomic mass is 9.94. The Labute approximate surface area is 183 Å². The molecule has 1 aliphatic carbocycles. The molecule has 172 valence electrons. The fourth-order valence-corrected chi connectivity index (χ4v) is 5.10. The molecule has 0 bridgehead atoms. The van der Waals surface area contributed by atoms with Gasteiger partial charge in [-0.2, -0.15) is 0 Å². The van der Waals surface area contributed by atoms with Gasteiger partial charge in [0.25, 0.3) is 5.92 Å². The zero-order chi connectivity index (χ0) is 23.3. The Morgan fingerprint density at radius 2 is 1.75 bits per heavy atom. The van der Waals surface area contributed by atoms with Crippen LogP contribution in [0.2, 0.25) is 0 Å². The van der Waals surface area contributed by atoms with Crippen LogP contribution in [0.3, 0.4) is 0 Å². The summed E-state index contributed by atoms with van der Waals surface area (Å²) >= 11 is 0. The Morgan fingerprint density at radius 3 is 2.41 bits per heavy atom. The topological polar surface area (TPSA) is 66.5 Å². The van der Waals surface area contributed by atoms with E-state index in [4.69, 9.17) is 0 Å². The van der Waals surface area contributed by atoms with E-state index >= 15 is 0 Å². The number of carbonyl (C=O) groups is 1. The van der Waals surface area contributed by atoms with E-state index in [1.165, 1.54) is 11.0 Å². The van der Waals surface area contributed by atoms with Gasteiger partial charge in [0.15, 0.2) is 0 Å². The molecule has 1 amide bonds. The molecule has 3 atom stereocenters. The predicted octanol–water partition coefficient (Wildman–Crippen LogP) is 3.52. The van der Waals surface area contributed by atoms with Crippen molar-refractivity contribution in [2.75, 3.05) is 19.3 Å². The second kappa shape index (κ2) is 8.15. The maximum Gasteiger partial charge on any atom is 0.267 e. The second-order valence-corrected chi connectivity index (χ2v) is 10.2. The molecule has 1 heterocycles. The van der Waals surface area contributed by atoms with Crippen LogP contribution in [0, 0.1) is 17.6 Å². The van der Waals surface area contributed by atoms with Crippen molar-refractivity contribution in [3.05, 3.63) is 59.7 Å². The minimum absolute atomic E-state index is 0.170. The van der Waals surface area contributed by atoms with Gasteiger partial charge in [-0.05, 0) is 35.6 Å². The average Bonchev–Trinajstić information content (AvgIpc) is 3.49. The molecule has 4 rings (SSSR count). The quantitative estimate of drug-likeness (QED) is 0.680. The van der Waals surface area contributed by atoms with E-state index in [2.05, 4.69) is 0 Å². The van der Waals surface area contributed by atoms with Gasteiger partial charge in [0.2, 0.25) is 15.9 Å². The zero-order valence-electron chi connectivity index (χ0n) is 17.2. The summed E-state index contributed by atoms with van der Waals surface area (Å²) in [5, 5.41) is 0. The molecule has 0 unspecified atom stereocenters. The molecule has 2 fully saturated rings. The maximum atomic E-state index is 14.4. The normalized spacial score (nSPS) is 24.9. The van der Waals surface area contributed by atoms with E-state index < -0.39 is 52.5 Å². The molecule has 0 aromatic heterocycles. The first-order valence-corrected chi connectivity index (χ1v) is 12.0. The highest BCUT2D eigenvalue weighted by atomic mass is 32.2. The van der Waals surface area contributed by atoms with E-state index in [1.54, 1.807) is 24.3 Å². The summed E-state index contributed by atoms with van der Waals surface area (Å²) in [6.07, 6.45) is 0.558. The lowest BCUT2D eigenvalue weighted by Gasteiger charge is -2.38. The molecule has 5 nitrogen and oxygen atoms in total. The molecule has 1 saturated carbocycles. The molecule has 32 heavy (non-hydrogen) atoms. The molecule has 2 aliphatic rings. The molecular weight excluding hydrogens is 448 g/mol. The zero-order valence-corrected chi connectivity index (χ0v) is 18.0. The van der Waals surface area contributed by atoms with Gasteiger partial charge < -0.3 is 4.90 Å². The molecule has 2 aromatic carbocycles. The van der Waals surface area contributed by atoms with Crippen LogP contribution in [0.5, 0.6) is 0 Å². The van der Waals surface area contributed by atoms with Crippen LogP contribution >= 0.6 is 0 Å². The smallest absolute Gasteiger partial charge is 0.267 e. The first-order chi connectivity index (χ1) is 15.0. The van der Waals surface area contributed by atoms with E-state index in [1.807, 2.05) is 4.72 Å². The van der Waals surface area contributed by atoms with Crippen molar-refractivity contribution in [2.24, 2.45) is 5.92 Å². The lowest BCUT2D eigenvalue weighted by molar-refractivity contribution is -0.141. The molecule has 1 saturated heterocycles. The number of likely N-dealkylation sites (tertiary alicyclic amines) is 1. The van der Waals surface area contributed by atoms with Crippen LogP contribution in [0.1, 0.15) is 24.3 Å². The minimum atomic E-state index is -3.89. The van der Waals surface area contributed by atoms with Crippen molar-refractivity contribution in [3.8, 4) is 11.1 Å². The van der Waals surface area contributed by atoms with Crippen molar-refractivity contribution >= 4 is 15.9 Å². The summed E-state index contributed by atoms with van der Waals surface area (Å²) in [4.78, 5) is 14.3. The van der Waals surface area contributed by atoms with Crippen molar-refractivity contribution < 1.29 is 30.8 Å². The SMILES string of the molecule is CS(=O)(=O)N[C@@H]1CN(C(=O)[C@@H]2C[C@H]2c2ccccc2-c2c(F)cccc2F)CCC1(F)F. The molecule has 2 aromatic rings. The number of alkyl halides is 2. The fourth-order valence-electron chi connectivity index (χ4n) is 4.33. The Balaban J connectivity index is 1.54. The Bertz CT molecular complexity index is 1140. The first-order valence-electron chi connectivity index (χ1n) is 10.1. The number of piperidine rings is 1. The van der Waals surface area contributed by atoms with Crippen molar-refractivity contribution in [1.29, 1.82) is 0 Å². The third-order valence-electron chi connectivity index (χ3n) is 6.00. The average molecular weight is 470 g/mol. The number of amides is 1. The van der Waals surface area contributed by atoms with Crippen LogP contribution in [0.4, 0.5) is 17.6 Å². The largest absolute Gasteiger partial charge is 0.340 e. The van der Waals surface area contributed by atoms with Gasteiger partial charge in [-0.25, -0.2) is 30.7 Å². The third kappa shape index (κ3) is 4.52. The van der Waals surface area contributed by atoms with Crippen molar-refractivity contribution in [2.45, 2.75) is 30.7 Å². The van der Waals surface area contributed by atoms with Crippen LogP contribution in [0.25, 0.3) is 11.1 Å². The Hall–Kier alpha value is -2.46. The molecule has 0 spiro atoms. The molecule has 0 radical (unpaired) electrons. The molecule has 10 heteroatoms. The van der Waals surface area contributed by atoms with Crippen LogP contribution < -0.4 is 4.72 Å². The van der Waals surface area contributed by atoms with Gasteiger partial charge in [0.1, 0.15) is 17.7 Å². The summed E-state index contributed by atoms with van der Waals surface area (Å²) in [6.45, 7) is -0.633. The summed E-state index contributed by atoms with van der Waals surface area (Å²) < 4.78 is 81.9. The molecule has 1 N–H and O–H groups in total. The highest BCUT2D eigenvalue weighted by molar-refractivity contribution is 7.88. The van der Waals surface area contributed by atoms with Gasteiger partial charge in [-0.1, -0.05) is 30.3 Å². The lowest BCUT2D eigenvalue weighted by Crippen LogP contribution is -2.59. The highest BCUT2D eigenvalue weighted by Crippen LogP contribution is 2.52. The number of halogens is 4. The van der Waals surface area contributed by atoms with E-state index in [0.29, 0.717) is 17.5 Å². The number of carbonyl (C=O) groups excluding carboxylic acids is 1. The van der Waals surface area contributed by atoms with E-state index in [-0.39, 0.29) is 23.9 Å². The number of rotatable bonds is 5. The first kappa shape index (κ1) is 22.7. The number of benzene rings is 2. The number of sulfonamides is 1. The van der Waals surface area contributed by atoms with Gasteiger partial charge in [-0.15, -0.1) is 0 Å². The molecular formula is C22H22F4N2O3S. The minimum Gasteiger partial charge on any atom is -0.340 e. The third-order valence-corrected chi connectivity index (χ3v) is 6.71. The van der Waals surface area contributed by atoms with Gasteiger partial charge >= 0.3 is 0 Å². The summed E-state index contributed by atoms with van der Waals surface area (Å²) in [5.41, 5.74) is 0.796. The molecule has 1 aliphatic heterocycles. The summed E-state index contributed by atoms with van der Waals surface area (Å²) in [6, 6.07) is 8.55. The van der Waals surface area contributed by atoms with Crippen molar-refractivity contribution in [3.63, 3.8) is 0 Å². The Kier molecular flexibility index (Phi) is 5.79. The Morgan fingerprint density at radius 1 is 1.09 bits per heavy atom. The van der Waals surface area contributed by atoms with E-state index in [9.17, 15) is 30.8 Å². The van der Waals surface area contributed by atoms with Crippen LogP contribution in [-0.4, -0.2) is 50.5 Å². The standard InChI is InChI=1S/C22H22F4N2O3S/c1-32(30,31)27-19-12-28(10-9-22(19,25)26)21(29)16-11-15(16)13-5-2-3-6-14(13)20-17(23)7-4-8-18(20)24/h2-8,15-16,19,27H,9-12H2,1H3/t15-,16+,19+/m0/s1. The van der Waals surface area contributed by atoms with Gasteiger partial charge in [0, 0.05) is 25.4 Å². The monoisotopic (exact) mass is 470 g/mol.